The number of hydrogen-bond acceptors (Lipinski definition) is 6. The highest BCUT2D eigenvalue weighted by molar-refractivity contribution is 5.91. The molecule has 2 aromatic rings. The van der Waals surface area contributed by atoms with Crippen molar-refractivity contribution in [3.8, 4) is 0 Å². The Labute approximate surface area is 153 Å². The van der Waals surface area contributed by atoms with Crippen molar-refractivity contribution in [1.82, 2.24) is 14.9 Å². The highest BCUT2D eigenvalue weighted by Gasteiger charge is 2.26. The van der Waals surface area contributed by atoms with E-state index in [0.29, 0.717) is 18.8 Å². The number of carbonyl (C=O) groups is 1. The van der Waals surface area contributed by atoms with Crippen molar-refractivity contribution < 1.29 is 9.21 Å². The fourth-order valence-corrected chi connectivity index (χ4v) is 3.75. The predicted octanol–water partition coefficient (Wildman–Crippen LogP) is 1.98. The van der Waals surface area contributed by atoms with Gasteiger partial charge in [0.2, 0.25) is 5.95 Å². The zero-order valence-corrected chi connectivity index (χ0v) is 15.4. The van der Waals surface area contributed by atoms with Gasteiger partial charge in [0.15, 0.2) is 5.76 Å². The second kappa shape index (κ2) is 6.97. The van der Waals surface area contributed by atoms with Crippen LogP contribution in [-0.4, -0.2) is 61.0 Å². The molecule has 7 heteroatoms. The number of carbonyl (C=O) groups excluding carboxylic acids is 1. The molecule has 2 aliphatic heterocycles. The van der Waals surface area contributed by atoms with E-state index in [4.69, 9.17) is 14.4 Å². The number of rotatable bonds is 3. The van der Waals surface area contributed by atoms with E-state index in [2.05, 4.69) is 9.80 Å². The molecule has 4 rings (SSSR count). The number of nitrogens with zero attached hydrogens (tertiary/aromatic N) is 5. The Morgan fingerprint density at radius 3 is 2.58 bits per heavy atom. The molecule has 7 nitrogen and oxygen atoms in total. The molecule has 0 spiro atoms. The monoisotopic (exact) mass is 355 g/mol. The van der Waals surface area contributed by atoms with Crippen molar-refractivity contribution in [2.24, 2.45) is 0 Å². The lowest BCUT2D eigenvalue weighted by molar-refractivity contribution is 0.0731. The molecule has 4 heterocycles. The van der Waals surface area contributed by atoms with Gasteiger partial charge >= 0.3 is 0 Å². The van der Waals surface area contributed by atoms with Crippen LogP contribution in [0.1, 0.15) is 34.7 Å². The zero-order valence-electron chi connectivity index (χ0n) is 15.4. The Balaban J connectivity index is 1.62. The van der Waals surface area contributed by atoms with E-state index in [1.807, 2.05) is 19.0 Å². The number of fused-ring (bicyclic) bond motifs is 1. The molecule has 0 N–H and O–H groups in total. The average Bonchev–Trinajstić information content (AvgIpc) is 3.31. The Bertz CT molecular complexity index is 781. The molecule has 0 bridgehead atoms. The second-order valence-electron chi connectivity index (χ2n) is 7.13. The molecule has 2 aromatic heterocycles. The lowest BCUT2D eigenvalue weighted by atomic mass is 10.1. The molecule has 0 saturated carbocycles. The van der Waals surface area contributed by atoms with E-state index in [0.717, 1.165) is 49.0 Å². The number of hydrogen-bond donors (Lipinski definition) is 0. The molecule has 26 heavy (non-hydrogen) atoms. The SMILES string of the molecule is CN(C)c1nc(N2CCCC2)nc2c1CCN(C(=O)c1ccco1)CC2. The topological polar surface area (TPSA) is 65.7 Å². The standard InChI is InChI=1S/C19H25N5O2/c1-22(2)17-14-7-11-23(18(25)16-6-5-13-26-16)12-8-15(14)20-19(21-17)24-9-3-4-10-24/h5-6,13H,3-4,7-12H2,1-2H3. The Kier molecular flexibility index (Phi) is 4.53. The van der Waals surface area contributed by atoms with Gasteiger partial charge in [0, 0.05) is 52.3 Å². The maximum absolute atomic E-state index is 12.6. The van der Waals surface area contributed by atoms with Gasteiger partial charge in [0.1, 0.15) is 5.82 Å². The molecule has 0 radical (unpaired) electrons. The van der Waals surface area contributed by atoms with E-state index in [1.54, 1.807) is 12.1 Å². The summed E-state index contributed by atoms with van der Waals surface area (Å²) in [7, 11) is 4.04. The first-order valence-electron chi connectivity index (χ1n) is 9.28. The second-order valence-corrected chi connectivity index (χ2v) is 7.13. The highest BCUT2D eigenvalue weighted by atomic mass is 16.3. The lowest BCUT2D eigenvalue weighted by Crippen LogP contribution is -2.33. The number of amides is 1. The third-order valence-electron chi connectivity index (χ3n) is 5.14. The Morgan fingerprint density at radius 1 is 1.12 bits per heavy atom. The summed E-state index contributed by atoms with van der Waals surface area (Å²) in [4.78, 5) is 28.6. The number of aromatic nitrogens is 2. The van der Waals surface area contributed by atoms with Crippen LogP contribution in [0, 0.1) is 0 Å². The van der Waals surface area contributed by atoms with Crippen LogP contribution in [0.25, 0.3) is 0 Å². The molecule has 138 valence electrons. The van der Waals surface area contributed by atoms with Crippen molar-refractivity contribution in [2.45, 2.75) is 25.7 Å². The smallest absolute Gasteiger partial charge is 0.289 e. The largest absolute Gasteiger partial charge is 0.459 e. The summed E-state index contributed by atoms with van der Waals surface area (Å²) in [5, 5.41) is 0. The number of furan rings is 1. The third-order valence-corrected chi connectivity index (χ3v) is 5.14. The molecule has 0 atom stereocenters. The summed E-state index contributed by atoms with van der Waals surface area (Å²) < 4.78 is 5.28. The first-order chi connectivity index (χ1) is 12.6. The minimum atomic E-state index is -0.0538. The summed E-state index contributed by atoms with van der Waals surface area (Å²) in [5.41, 5.74) is 2.23. The minimum absolute atomic E-state index is 0.0538. The molecule has 0 unspecified atom stereocenters. The van der Waals surface area contributed by atoms with Crippen LogP contribution in [0.2, 0.25) is 0 Å². The Hall–Kier alpha value is -2.57. The van der Waals surface area contributed by atoms with E-state index >= 15 is 0 Å². The van der Waals surface area contributed by atoms with Crippen LogP contribution < -0.4 is 9.80 Å². The van der Waals surface area contributed by atoms with E-state index in [1.165, 1.54) is 19.1 Å². The van der Waals surface area contributed by atoms with Crippen LogP contribution in [0.3, 0.4) is 0 Å². The maximum atomic E-state index is 12.6. The molecular weight excluding hydrogens is 330 g/mol. The molecule has 0 aliphatic carbocycles. The van der Waals surface area contributed by atoms with Gasteiger partial charge in [-0.1, -0.05) is 0 Å². The van der Waals surface area contributed by atoms with Gasteiger partial charge in [-0.15, -0.1) is 0 Å². The van der Waals surface area contributed by atoms with E-state index in [9.17, 15) is 4.79 Å². The normalized spacial score (nSPS) is 17.2. The fourth-order valence-electron chi connectivity index (χ4n) is 3.75. The quantitative estimate of drug-likeness (QED) is 0.839. The van der Waals surface area contributed by atoms with Crippen molar-refractivity contribution >= 4 is 17.7 Å². The predicted molar refractivity (Wildman–Crippen MR) is 99.8 cm³/mol. The lowest BCUT2D eigenvalue weighted by Gasteiger charge is -2.22. The van der Waals surface area contributed by atoms with E-state index in [-0.39, 0.29) is 5.91 Å². The van der Waals surface area contributed by atoms with Gasteiger partial charge in [-0.25, -0.2) is 4.98 Å². The Morgan fingerprint density at radius 2 is 1.88 bits per heavy atom. The minimum Gasteiger partial charge on any atom is -0.459 e. The fraction of sp³-hybridized carbons (Fsp3) is 0.526. The summed E-state index contributed by atoms with van der Waals surface area (Å²) in [6.45, 7) is 3.35. The van der Waals surface area contributed by atoms with Crippen molar-refractivity contribution in [2.75, 3.05) is 50.1 Å². The first kappa shape index (κ1) is 16.9. The number of anilines is 2. The van der Waals surface area contributed by atoms with Gasteiger partial charge in [-0.3, -0.25) is 4.79 Å². The van der Waals surface area contributed by atoms with Gasteiger partial charge in [0.05, 0.1) is 12.0 Å². The molecule has 0 aromatic carbocycles. The third kappa shape index (κ3) is 3.13. The van der Waals surface area contributed by atoms with E-state index < -0.39 is 0 Å². The summed E-state index contributed by atoms with van der Waals surface area (Å²) >= 11 is 0. The van der Waals surface area contributed by atoms with Crippen LogP contribution >= 0.6 is 0 Å². The van der Waals surface area contributed by atoms with Gasteiger partial charge in [-0.05, 0) is 31.4 Å². The molecular formula is C19H25N5O2. The maximum Gasteiger partial charge on any atom is 0.289 e. The van der Waals surface area contributed by atoms with Gasteiger partial charge < -0.3 is 19.1 Å². The van der Waals surface area contributed by atoms with Crippen LogP contribution in [0.15, 0.2) is 22.8 Å². The summed E-state index contributed by atoms with van der Waals surface area (Å²) in [6.07, 6.45) is 5.44. The van der Waals surface area contributed by atoms with Gasteiger partial charge in [-0.2, -0.15) is 4.98 Å². The first-order valence-corrected chi connectivity index (χ1v) is 9.28. The van der Waals surface area contributed by atoms with Crippen molar-refractivity contribution in [3.05, 3.63) is 35.4 Å². The molecule has 1 saturated heterocycles. The summed E-state index contributed by atoms with van der Waals surface area (Å²) in [5.74, 6) is 2.15. The highest BCUT2D eigenvalue weighted by Crippen LogP contribution is 2.28. The summed E-state index contributed by atoms with van der Waals surface area (Å²) in [6, 6.07) is 3.47. The molecule has 1 fully saturated rings. The van der Waals surface area contributed by atoms with Crippen LogP contribution in [0.4, 0.5) is 11.8 Å². The molecule has 2 aliphatic rings. The average molecular weight is 355 g/mol. The van der Waals surface area contributed by atoms with Crippen molar-refractivity contribution in [3.63, 3.8) is 0 Å². The van der Waals surface area contributed by atoms with Crippen molar-refractivity contribution in [1.29, 1.82) is 0 Å². The van der Waals surface area contributed by atoms with Gasteiger partial charge in [0.25, 0.3) is 5.91 Å². The van der Waals surface area contributed by atoms with Crippen LogP contribution in [-0.2, 0) is 12.8 Å². The van der Waals surface area contributed by atoms with Crippen LogP contribution in [0.5, 0.6) is 0 Å². The molecule has 1 amide bonds. The zero-order chi connectivity index (χ0) is 18.1.